The number of rotatable bonds is 10. The fourth-order valence-electron chi connectivity index (χ4n) is 4.15. The second kappa shape index (κ2) is 11.6. The molecule has 0 unspecified atom stereocenters. The minimum absolute atomic E-state index is 0.0568. The first-order valence-electron chi connectivity index (χ1n) is 11.2. The fraction of sp³-hybridized carbons (Fsp3) is 0.400. The third-order valence-corrected chi connectivity index (χ3v) is 5.98. The van der Waals surface area contributed by atoms with Gasteiger partial charge in [0.25, 0.3) is 0 Å². The number of nitrogens with one attached hydrogen (secondary N) is 2. The van der Waals surface area contributed by atoms with Gasteiger partial charge < -0.3 is 25.7 Å². The van der Waals surface area contributed by atoms with Crippen molar-refractivity contribution in [2.45, 2.75) is 37.8 Å². The lowest BCUT2D eigenvalue weighted by Crippen LogP contribution is -2.49. The van der Waals surface area contributed by atoms with Gasteiger partial charge >= 0.3 is 0 Å². The van der Waals surface area contributed by atoms with Crippen LogP contribution in [-0.4, -0.2) is 64.7 Å². The smallest absolute Gasteiger partial charge is 0.249 e. The molecule has 1 aliphatic rings. The summed E-state index contributed by atoms with van der Waals surface area (Å²) in [7, 11) is 0. The van der Waals surface area contributed by atoms with Crippen LogP contribution in [0.1, 0.15) is 25.7 Å². The van der Waals surface area contributed by atoms with E-state index in [1.807, 2.05) is 36.4 Å². The third-order valence-electron chi connectivity index (χ3n) is 5.98. The Labute approximate surface area is 193 Å². The maximum Gasteiger partial charge on any atom is 0.249 e. The zero-order valence-electron chi connectivity index (χ0n) is 18.6. The molecular formula is C25H31N3O5. The van der Waals surface area contributed by atoms with E-state index < -0.39 is 30.4 Å². The number of carbonyl (C=O) groups excluding carboxylic acids is 3. The number of nitrogens with zero attached hydrogens (tertiary/aromatic N) is 1. The van der Waals surface area contributed by atoms with Crippen LogP contribution in [0.3, 0.4) is 0 Å². The molecule has 0 bridgehead atoms. The Bertz CT molecular complexity index is 1010. The number of anilines is 1. The predicted octanol–water partition coefficient (Wildman–Crippen LogP) is 1.82. The minimum Gasteiger partial charge on any atom is -0.394 e. The molecule has 0 radical (unpaired) electrons. The van der Waals surface area contributed by atoms with E-state index in [1.165, 1.54) is 0 Å². The first-order valence-corrected chi connectivity index (χ1v) is 11.2. The highest BCUT2D eigenvalue weighted by atomic mass is 16.3. The molecule has 8 nitrogen and oxygen atoms in total. The van der Waals surface area contributed by atoms with Gasteiger partial charge in [-0.1, -0.05) is 36.4 Å². The number of aliphatic hydroxyl groups excluding tert-OH is 2. The van der Waals surface area contributed by atoms with Crippen molar-refractivity contribution < 1.29 is 24.6 Å². The van der Waals surface area contributed by atoms with E-state index in [1.54, 1.807) is 17.0 Å². The summed E-state index contributed by atoms with van der Waals surface area (Å²) in [5, 5.41) is 26.5. The number of amides is 3. The number of fused-ring (bicyclic) bond motifs is 1. The molecular weight excluding hydrogens is 422 g/mol. The Morgan fingerprint density at radius 3 is 2.58 bits per heavy atom. The van der Waals surface area contributed by atoms with Crippen LogP contribution in [0.25, 0.3) is 10.8 Å². The molecule has 1 aliphatic heterocycles. The number of hydrogen-bond acceptors (Lipinski definition) is 5. The maximum absolute atomic E-state index is 12.9. The lowest BCUT2D eigenvalue weighted by molar-refractivity contribution is -0.138. The van der Waals surface area contributed by atoms with Gasteiger partial charge in [0, 0.05) is 18.7 Å². The number of likely N-dealkylation sites (tertiary alicyclic amines) is 1. The minimum atomic E-state index is -1.16. The largest absolute Gasteiger partial charge is 0.394 e. The molecule has 1 fully saturated rings. The Morgan fingerprint density at radius 1 is 1.12 bits per heavy atom. The van der Waals surface area contributed by atoms with Crippen molar-refractivity contribution in [1.29, 1.82) is 0 Å². The van der Waals surface area contributed by atoms with Crippen LogP contribution in [0, 0.1) is 5.92 Å². The molecule has 33 heavy (non-hydrogen) atoms. The van der Waals surface area contributed by atoms with E-state index in [9.17, 15) is 24.6 Å². The summed E-state index contributed by atoms with van der Waals surface area (Å²) in [6.07, 6.45) is 3.30. The van der Waals surface area contributed by atoms with Crippen molar-refractivity contribution in [1.82, 2.24) is 10.2 Å². The first kappa shape index (κ1) is 24.4. The van der Waals surface area contributed by atoms with Crippen molar-refractivity contribution in [2.75, 3.05) is 25.1 Å². The van der Waals surface area contributed by atoms with Gasteiger partial charge in [-0.3, -0.25) is 14.4 Å². The van der Waals surface area contributed by atoms with Gasteiger partial charge in [-0.05, 0) is 42.2 Å². The zero-order chi connectivity index (χ0) is 23.8. The van der Waals surface area contributed by atoms with Crippen molar-refractivity contribution in [3.05, 3.63) is 55.1 Å². The third kappa shape index (κ3) is 6.18. The Hall–Kier alpha value is -3.23. The van der Waals surface area contributed by atoms with Crippen LogP contribution in [0.4, 0.5) is 5.69 Å². The highest BCUT2D eigenvalue weighted by molar-refractivity contribution is 5.99. The van der Waals surface area contributed by atoms with E-state index in [-0.39, 0.29) is 31.4 Å². The van der Waals surface area contributed by atoms with Gasteiger partial charge in [-0.15, -0.1) is 6.58 Å². The topological polar surface area (TPSA) is 119 Å². The molecule has 1 saturated heterocycles. The van der Waals surface area contributed by atoms with Crippen LogP contribution in [0.2, 0.25) is 0 Å². The van der Waals surface area contributed by atoms with Gasteiger partial charge in [0.1, 0.15) is 6.04 Å². The molecule has 0 aromatic heterocycles. The van der Waals surface area contributed by atoms with E-state index in [0.717, 1.165) is 23.6 Å². The maximum atomic E-state index is 12.9. The molecule has 0 spiro atoms. The number of benzene rings is 2. The highest BCUT2D eigenvalue weighted by Gasteiger charge is 2.32. The Kier molecular flexibility index (Phi) is 8.57. The van der Waals surface area contributed by atoms with Crippen molar-refractivity contribution in [2.24, 2.45) is 5.92 Å². The zero-order valence-corrected chi connectivity index (χ0v) is 18.6. The Balaban J connectivity index is 1.63. The molecule has 0 aliphatic carbocycles. The van der Waals surface area contributed by atoms with E-state index in [4.69, 9.17) is 0 Å². The molecule has 3 rings (SSSR count). The quantitative estimate of drug-likeness (QED) is 0.409. The summed E-state index contributed by atoms with van der Waals surface area (Å²) < 4.78 is 0. The van der Waals surface area contributed by atoms with Crippen molar-refractivity contribution in [3.8, 4) is 0 Å². The molecule has 3 amide bonds. The molecule has 2 aromatic rings. The fourth-order valence-corrected chi connectivity index (χ4v) is 4.15. The van der Waals surface area contributed by atoms with Crippen LogP contribution < -0.4 is 10.6 Å². The Morgan fingerprint density at radius 2 is 1.88 bits per heavy atom. The van der Waals surface area contributed by atoms with Crippen molar-refractivity contribution in [3.63, 3.8) is 0 Å². The average Bonchev–Trinajstić information content (AvgIpc) is 3.31. The number of aliphatic hydroxyl groups is 2. The van der Waals surface area contributed by atoms with E-state index in [2.05, 4.69) is 17.2 Å². The van der Waals surface area contributed by atoms with Crippen LogP contribution in [0.15, 0.2) is 55.1 Å². The first-order chi connectivity index (χ1) is 16.0. The monoisotopic (exact) mass is 453 g/mol. The lowest BCUT2D eigenvalue weighted by atomic mass is 9.98. The predicted molar refractivity (Wildman–Crippen MR) is 126 cm³/mol. The number of carbonyl (C=O) groups is 3. The lowest BCUT2D eigenvalue weighted by Gasteiger charge is -2.26. The summed E-state index contributed by atoms with van der Waals surface area (Å²) in [5.74, 6) is -1.99. The molecule has 3 atom stereocenters. The average molecular weight is 454 g/mol. The standard InChI is InChI=1S/C25H31N3O5/c1-2-6-19(14-23(31)28-12-5-9-21(28)15-29)24(32)27-22(16-30)25(33)26-20-11-10-17-7-3-4-8-18(17)13-20/h2-4,7-8,10-11,13,19,21-22,29-30H,1,5-6,9,12,14-16H2,(H,26,33)(H,27,32)/t19-,21+,22+/m1/s1. The van der Waals surface area contributed by atoms with E-state index in [0.29, 0.717) is 12.2 Å². The second-order valence-corrected chi connectivity index (χ2v) is 8.29. The van der Waals surface area contributed by atoms with Crippen LogP contribution in [0.5, 0.6) is 0 Å². The molecule has 8 heteroatoms. The van der Waals surface area contributed by atoms with Gasteiger partial charge in [0.05, 0.1) is 25.2 Å². The molecule has 1 heterocycles. The highest BCUT2D eigenvalue weighted by Crippen LogP contribution is 2.21. The molecule has 4 N–H and O–H groups in total. The summed E-state index contributed by atoms with van der Waals surface area (Å²) in [4.78, 5) is 39.9. The summed E-state index contributed by atoms with van der Waals surface area (Å²) >= 11 is 0. The van der Waals surface area contributed by atoms with Gasteiger partial charge in [0.2, 0.25) is 17.7 Å². The van der Waals surface area contributed by atoms with E-state index >= 15 is 0 Å². The van der Waals surface area contributed by atoms with Gasteiger partial charge in [0.15, 0.2) is 0 Å². The summed E-state index contributed by atoms with van der Waals surface area (Å²) in [6, 6.07) is 11.8. The van der Waals surface area contributed by atoms with Gasteiger partial charge in [-0.25, -0.2) is 0 Å². The second-order valence-electron chi connectivity index (χ2n) is 8.29. The number of hydrogen-bond donors (Lipinski definition) is 4. The molecule has 176 valence electrons. The molecule has 2 aromatic carbocycles. The number of allylic oxidation sites excluding steroid dienone is 1. The van der Waals surface area contributed by atoms with Crippen LogP contribution >= 0.6 is 0 Å². The van der Waals surface area contributed by atoms with Crippen molar-refractivity contribution >= 4 is 34.2 Å². The summed E-state index contributed by atoms with van der Waals surface area (Å²) in [5.41, 5.74) is 0.549. The SMILES string of the molecule is C=CC[C@H](CC(=O)N1CCC[C@H]1CO)C(=O)N[C@@H](CO)C(=O)Nc1ccc2ccccc2c1. The van der Waals surface area contributed by atoms with Crippen LogP contribution in [-0.2, 0) is 14.4 Å². The van der Waals surface area contributed by atoms with Gasteiger partial charge in [-0.2, -0.15) is 0 Å². The molecule has 0 saturated carbocycles. The summed E-state index contributed by atoms with van der Waals surface area (Å²) in [6.45, 7) is 3.53. The normalized spacial score (nSPS) is 17.4.